The fraction of sp³-hybridized carbons (Fsp3) is 0.342. The smallest absolute Gasteiger partial charge is 0.267 e. The van der Waals surface area contributed by atoms with Gasteiger partial charge in [-0.1, -0.05) is 56.6 Å². The van der Waals surface area contributed by atoms with Crippen LogP contribution in [0.15, 0.2) is 60.8 Å². The number of primary amides is 1. The van der Waals surface area contributed by atoms with Crippen molar-refractivity contribution in [1.29, 1.82) is 0 Å². The molecule has 1 aliphatic carbocycles. The van der Waals surface area contributed by atoms with Crippen LogP contribution in [0.4, 0.5) is 11.4 Å². The van der Waals surface area contributed by atoms with Gasteiger partial charge < -0.3 is 20.0 Å². The summed E-state index contributed by atoms with van der Waals surface area (Å²) >= 11 is 6.22. The molecular weight excluding hydrogens is 624 g/mol. The summed E-state index contributed by atoms with van der Waals surface area (Å²) in [5.74, 6) is -0.595. The highest BCUT2D eigenvalue weighted by molar-refractivity contribution is 6.74. The molecule has 4 aromatic rings. The van der Waals surface area contributed by atoms with Gasteiger partial charge in [0.25, 0.3) is 11.8 Å². The molecule has 0 bridgehead atoms. The lowest BCUT2D eigenvalue weighted by molar-refractivity contribution is 0.0987. The molecule has 9 heteroatoms. The molecular formula is C38H41ClN4O3Si. The summed E-state index contributed by atoms with van der Waals surface area (Å²) in [6.07, 6.45) is 3.57. The molecule has 0 spiro atoms. The first-order valence-electron chi connectivity index (χ1n) is 16.3. The number of carbonyl (C=O) groups is 2. The molecule has 1 fully saturated rings. The minimum atomic E-state index is -1.86. The van der Waals surface area contributed by atoms with E-state index in [0.717, 1.165) is 69.7 Å². The minimum absolute atomic E-state index is 0.0630. The number of anilines is 2. The number of nitrogens with zero attached hydrogens (tertiary/aromatic N) is 3. The van der Waals surface area contributed by atoms with Gasteiger partial charge in [-0.05, 0) is 101 Å². The van der Waals surface area contributed by atoms with E-state index in [-0.39, 0.29) is 17.0 Å². The van der Waals surface area contributed by atoms with Crippen molar-refractivity contribution in [2.75, 3.05) is 22.9 Å². The molecule has 47 heavy (non-hydrogen) atoms. The van der Waals surface area contributed by atoms with Crippen molar-refractivity contribution < 1.29 is 14.0 Å². The van der Waals surface area contributed by atoms with Gasteiger partial charge in [0, 0.05) is 53.2 Å². The third-order valence-electron chi connectivity index (χ3n) is 10.7. The molecule has 3 aromatic carbocycles. The molecule has 1 unspecified atom stereocenters. The van der Waals surface area contributed by atoms with Crippen LogP contribution >= 0.6 is 11.6 Å². The molecule has 3 aliphatic rings. The number of nitrogens with two attached hydrogens (primary N) is 1. The van der Waals surface area contributed by atoms with Crippen molar-refractivity contribution in [2.45, 2.75) is 71.3 Å². The number of aromatic nitrogens is 1. The Bertz CT molecular complexity index is 1970. The van der Waals surface area contributed by atoms with E-state index in [9.17, 15) is 9.59 Å². The molecule has 1 atom stereocenters. The van der Waals surface area contributed by atoms with Gasteiger partial charge in [0.1, 0.15) is 5.69 Å². The standard InChI is InChI=1S/C38H41ClN4O3Si/c1-22-28(8-7-9-33(22)43-20-23-10-11-25(39)18-30(23)37(43)45)32-19-41-35(36(40)44)31-17-24-16-26(12-13-29(24)34(31)32)42-15-14-27(21-42)46-47(5,6)38(2,3)4/h7-13,16,18-19,27H,14-15,17,20-21H2,1-6H3,(H2,40,44). The van der Waals surface area contributed by atoms with Gasteiger partial charge in [-0.2, -0.15) is 0 Å². The van der Waals surface area contributed by atoms with Gasteiger partial charge in [-0.25, -0.2) is 0 Å². The van der Waals surface area contributed by atoms with E-state index in [0.29, 0.717) is 29.2 Å². The normalized spacial score (nSPS) is 17.3. The topological polar surface area (TPSA) is 88.8 Å². The van der Waals surface area contributed by atoms with Crippen molar-refractivity contribution in [3.63, 3.8) is 0 Å². The van der Waals surface area contributed by atoms with Crippen molar-refractivity contribution >= 4 is 43.1 Å². The maximum absolute atomic E-state index is 13.5. The predicted molar refractivity (Wildman–Crippen MR) is 192 cm³/mol. The van der Waals surface area contributed by atoms with E-state index in [1.165, 1.54) is 5.69 Å². The zero-order valence-electron chi connectivity index (χ0n) is 27.9. The molecule has 7 nitrogen and oxygen atoms in total. The van der Waals surface area contributed by atoms with Crippen LogP contribution in [-0.2, 0) is 17.4 Å². The second-order valence-corrected chi connectivity index (χ2v) is 19.8. The Morgan fingerprint density at radius 1 is 1.02 bits per heavy atom. The molecule has 7 rings (SSSR count). The number of benzene rings is 3. The van der Waals surface area contributed by atoms with Crippen LogP contribution in [0.5, 0.6) is 0 Å². The molecule has 0 saturated carbocycles. The molecule has 2 N–H and O–H groups in total. The van der Waals surface area contributed by atoms with Crippen LogP contribution in [0.1, 0.15) is 70.3 Å². The lowest BCUT2D eigenvalue weighted by Crippen LogP contribution is -2.44. The number of hydrogen-bond acceptors (Lipinski definition) is 5. The zero-order valence-corrected chi connectivity index (χ0v) is 29.7. The summed E-state index contributed by atoms with van der Waals surface area (Å²) in [4.78, 5) is 34.9. The van der Waals surface area contributed by atoms with E-state index in [2.05, 4.69) is 68.0 Å². The summed E-state index contributed by atoms with van der Waals surface area (Å²) in [7, 11) is -1.86. The van der Waals surface area contributed by atoms with Crippen LogP contribution < -0.4 is 15.5 Å². The van der Waals surface area contributed by atoms with E-state index < -0.39 is 14.2 Å². The van der Waals surface area contributed by atoms with Crippen molar-refractivity contribution in [3.05, 3.63) is 99.3 Å². The number of fused-ring (bicyclic) bond motifs is 4. The van der Waals surface area contributed by atoms with Gasteiger partial charge in [-0.3, -0.25) is 14.6 Å². The zero-order chi connectivity index (χ0) is 33.4. The predicted octanol–water partition coefficient (Wildman–Crippen LogP) is 8.14. The van der Waals surface area contributed by atoms with Crippen molar-refractivity contribution in [2.24, 2.45) is 5.73 Å². The minimum Gasteiger partial charge on any atom is -0.412 e. The van der Waals surface area contributed by atoms with Crippen molar-refractivity contribution in [3.8, 4) is 22.3 Å². The highest BCUT2D eigenvalue weighted by Crippen LogP contribution is 2.47. The Morgan fingerprint density at radius 2 is 1.81 bits per heavy atom. The van der Waals surface area contributed by atoms with Crippen LogP contribution in [0.3, 0.4) is 0 Å². The lowest BCUT2D eigenvalue weighted by Gasteiger charge is -2.38. The third-order valence-corrected chi connectivity index (χ3v) is 15.4. The van der Waals surface area contributed by atoms with Crippen LogP contribution in [0.2, 0.25) is 23.2 Å². The van der Waals surface area contributed by atoms with Gasteiger partial charge in [-0.15, -0.1) is 0 Å². The number of carbonyl (C=O) groups excluding carboxylic acids is 2. The Balaban J connectivity index is 1.23. The lowest BCUT2D eigenvalue weighted by atomic mass is 9.91. The Kier molecular flexibility index (Phi) is 7.61. The highest BCUT2D eigenvalue weighted by Gasteiger charge is 2.41. The van der Waals surface area contributed by atoms with E-state index in [4.69, 9.17) is 21.8 Å². The summed E-state index contributed by atoms with van der Waals surface area (Å²) in [5, 5.41) is 0.719. The number of amides is 2. The second kappa shape index (κ2) is 11.3. The van der Waals surface area contributed by atoms with Gasteiger partial charge in [0.2, 0.25) is 0 Å². The second-order valence-electron chi connectivity index (χ2n) is 14.6. The summed E-state index contributed by atoms with van der Waals surface area (Å²) in [6, 6.07) is 18.1. The first-order valence-corrected chi connectivity index (χ1v) is 19.6. The quantitative estimate of drug-likeness (QED) is 0.185. The van der Waals surface area contributed by atoms with Gasteiger partial charge in [0.15, 0.2) is 8.32 Å². The molecule has 242 valence electrons. The molecule has 2 aliphatic heterocycles. The molecule has 3 heterocycles. The fourth-order valence-electron chi connectivity index (χ4n) is 7.13. The summed E-state index contributed by atoms with van der Waals surface area (Å²) in [5.41, 5.74) is 16.7. The molecule has 1 aromatic heterocycles. The first-order chi connectivity index (χ1) is 22.2. The average molecular weight is 665 g/mol. The Labute approximate surface area is 282 Å². The highest BCUT2D eigenvalue weighted by atomic mass is 35.5. The monoisotopic (exact) mass is 664 g/mol. The maximum atomic E-state index is 13.5. The number of hydrogen-bond donors (Lipinski definition) is 1. The number of rotatable bonds is 6. The fourth-order valence-corrected chi connectivity index (χ4v) is 8.69. The Hall–Kier alpha value is -3.98. The van der Waals surface area contributed by atoms with Crippen LogP contribution in [-0.4, -0.2) is 44.3 Å². The van der Waals surface area contributed by atoms with E-state index in [1.54, 1.807) is 12.3 Å². The first kappa shape index (κ1) is 31.6. The Morgan fingerprint density at radius 3 is 2.55 bits per heavy atom. The molecule has 1 saturated heterocycles. The van der Waals surface area contributed by atoms with Crippen molar-refractivity contribution in [1.82, 2.24) is 4.98 Å². The largest absolute Gasteiger partial charge is 0.412 e. The summed E-state index contributed by atoms with van der Waals surface area (Å²) in [6.45, 7) is 15.8. The maximum Gasteiger partial charge on any atom is 0.267 e. The average Bonchev–Trinajstić information content (AvgIpc) is 3.71. The number of halogens is 1. The number of pyridine rings is 1. The SMILES string of the molecule is Cc1c(-c2cnc(C(N)=O)c3c2-c2ccc(N4CCC(O[Si](C)(C)C(C)(C)C)C4)cc2C3)cccc1N1Cc2ccc(Cl)cc2C1=O. The molecule has 2 amide bonds. The van der Waals surface area contributed by atoms with Gasteiger partial charge >= 0.3 is 0 Å². The van der Waals surface area contributed by atoms with E-state index in [1.807, 2.05) is 36.1 Å². The van der Waals surface area contributed by atoms with Gasteiger partial charge in [0.05, 0.1) is 12.6 Å². The van der Waals surface area contributed by atoms with E-state index >= 15 is 0 Å². The summed E-state index contributed by atoms with van der Waals surface area (Å²) < 4.78 is 6.76. The van der Waals surface area contributed by atoms with Crippen LogP contribution in [0, 0.1) is 6.92 Å². The van der Waals surface area contributed by atoms with Crippen LogP contribution in [0.25, 0.3) is 22.3 Å². The molecule has 0 radical (unpaired) electrons. The third kappa shape index (κ3) is 5.36.